The summed E-state index contributed by atoms with van der Waals surface area (Å²) in [4.78, 5) is 0. The van der Waals surface area contributed by atoms with Gasteiger partial charge in [0.05, 0.1) is 0 Å². The number of hydrogen-bond acceptors (Lipinski definition) is 2. The maximum atomic E-state index is 11.1. The van der Waals surface area contributed by atoms with Gasteiger partial charge in [0.25, 0.3) is 0 Å². The van der Waals surface area contributed by atoms with Crippen LogP contribution in [0.1, 0.15) is 12.5 Å². The van der Waals surface area contributed by atoms with Gasteiger partial charge in [-0.3, -0.25) is 0 Å². The molecule has 1 aromatic rings. The molecule has 3 heteroatoms. The van der Waals surface area contributed by atoms with E-state index in [2.05, 4.69) is 0 Å². The van der Waals surface area contributed by atoms with Crippen molar-refractivity contribution in [2.24, 2.45) is 0 Å². The van der Waals surface area contributed by atoms with Crippen LogP contribution in [0, 0.1) is 5.21 Å². The van der Waals surface area contributed by atoms with E-state index in [1.807, 2.05) is 30.3 Å². The molecule has 1 aromatic carbocycles. The number of nitrogens with zero attached hydrogens (tertiary/aromatic N) is 1. The van der Waals surface area contributed by atoms with Gasteiger partial charge in [-0.05, 0) is 19.1 Å². The Morgan fingerprint density at radius 2 is 2.08 bits per heavy atom. The highest BCUT2D eigenvalue weighted by Gasteiger charge is 2.00. The third kappa shape index (κ3) is 3.71. The molecule has 0 fully saturated rings. The van der Waals surface area contributed by atoms with Crippen LogP contribution in [0.4, 0.5) is 0 Å². The zero-order valence-corrected chi connectivity index (χ0v) is 7.55. The molecule has 3 nitrogen and oxygen atoms in total. The van der Waals surface area contributed by atoms with E-state index in [0.717, 1.165) is 10.3 Å². The molecule has 0 spiro atoms. The minimum Gasteiger partial charge on any atom is -0.624 e. The van der Waals surface area contributed by atoms with E-state index < -0.39 is 6.10 Å². The van der Waals surface area contributed by atoms with Crippen LogP contribution in [0.2, 0.25) is 0 Å². The fraction of sp³-hybridized carbons (Fsp3) is 0.300. The molecule has 0 saturated heterocycles. The van der Waals surface area contributed by atoms with Crippen LogP contribution in [0.15, 0.2) is 30.3 Å². The molecule has 0 amide bonds. The van der Waals surface area contributed by atoms with Crippen LogP contribution in [0.5, 0.6) is 0 Å². The molecule has 0 saturated carbocycles. The van der Waals surface area contributed by atoms with Crippen molar-refractivity contribution in [1.82, 2.24) is 0 Å². The molecule has 0 heterocycles. The van der Waals surface area contributed by atoms with Crippen molar-refractivity contribution < 1.29 is 9.85 Å². The predicted molar refractivity (Wildman–Crippen MR) is 51.8 cm³/mol. The standard InChI is InChI=1S/C10H13NO2/c1-9(12)7-11(13)8-10-5-3-2-4-6-10/h2-6,8-9,12H,7H2,1H3. The van der Waals surface area contributed by atoms with Crippen molar-refractivity contribution in [2.75, 3.05) is 6.54 Å². The summed E-state index contributed by atoms with van der Waals surface area (Å²) >= 11 is 0. The van der Waals surface area contributed by atoms with Crippen LogP contribution in [-0.2, 0) is 0 Å². The highest BCUT2D eigenvalue weighted by atomic mass is 16.5. The van der Waals surface area contributed by atoms with Crippen molar-refractivity contribution in [1.29, 1.82) is 0 Å². The molecule has 0 aliphatic rings. The third-order valence-electron chi connectivity index (χ3n) is 1.54. The minimum atomic E-state index is -0.600. The summed E-state index contributed by atoms with van der Waals surface area (Å²) in [7, 11) is 0. The van der Waals surface area contributed by atoms with Gasteiger partial charge >= 0.3 is 0 Å². The molecule has 1 rings (SSSR count). The molecule has 0 radical (unpaired) electrons. The second kappa shape index (κ2) is 4.62. The highest BCUT2D eigenvalue weighted by molar-refractivity contribution is 5.75. The fourth-order valence-electron chi connectivity index (χ4n) is 1.02. The van der Waals surface area contributed by atoms with Gasteiger partial charge in [-0.2, -0.15) is 0 Å². The van der Waals surface area contributed by atoms with Crippen molar-refractivity contribution in [2.45, 2.75) is 13.0 Å². The van der Waals surface area contributed by atoms with Crippen LogP contribution in [0.3, 0.4) is 0 Å². The monoisotopic (exact) mass is 179 g/mol. The third-order valence-corrected chi connectivity index (χ3v) is 1.54. The first-order chi connectivity index (χ1) is 6.18. The van der Waals surface area contributed by atoms with Crippen LogP contribution in [0.25, 0.3) is 0 Å². The van der Waals surface area contributed by atoms with E-state index in [-0.39, 0.29) is 6.54 Å². The normalized spacial score (nSPS) is 14.2. The quantitative estimate of drug-likeness (QED) is 0.325. The number of aliphatic hydroxyl groups is 1. The Hall–Kier alpha value is -1.35. The first kappa shape index (κ1) is 9.74. The smallest absolute Gasteiger partial charge is 0.181 e. The molecule has 0 aliphatic heterocycles. The van der Waals surface area contributed by atoms with E-state index in [1.165, 1.54) is 6.21 Å². The SMILES string of the molecule is CC(O)C[N+]([O-])=Cc1ccccc1. The van der Waals surface area contributed by atoms with Crippen LogP contribution >= 0.6 is 0 Å². The van der Waals surface area contributed by atoms with Gasteiger partial charge in [0.1, 0.15) is 6.10 Å². The molecular formula is C10H13NO2. The van der Waals surface area contributed by atoms with Gasteiger partial charge in [-0.1, -0.05) is 18.2 Å². The molecule has 1 N–H and O–H groups in total. The zero-order chi connectivity index (χ0) is 9.68. The molecule has 0 aromatic heterocycles. The van der Waals surface area contributed by atoms with Crippen LogP contribution < -0.4 is 0 Å². The van der Waals surface area contributed by atoms with Gasteiger partial charge < -0.3 is 10.3 Å². The van der Waals surface area contributed by atoms with Gasteiger partial charge in [-0.15, -0.1) is 0 Å². The summed E-state index contributed by atoms with van der Waals surface area (Å²) in [5, 5.41) is 20.1. The van der Waals surface area contributed by atoms with Gasteiger partial charge in [0.15, 0.2) is 12.8 Å². The van der Waals surface area contributed by atoms with Gasteiger partial charge in [-0.25, -0.2) is 4.74 Å². The molecule has 1 atom stereocenters. The summed E-state index contributed by atoms with van der Waals surface area (Å²) in [6.07, 6.45) is 0.865. The summed E-state index contributed by atoms with van der Waals surface area (Å²) < 4.78 is 0.736. The summed E-state index contributed by atoms with van der Waals surface area (Å²) in [6, 6.07) is 9.30. The second-order valence-electron chi connectivity index (χ2n) is 2.99. The van der Waals surface area contributed by atoms with E-state index >= 15 is 0 Å². The summed E-state index contributed by atoms with van der Waals surface area (Å²) in [6.45, 7) is 1.69. The molecule has 13 heavy (non-hydrogen) atoms. The molecular weight excluding hydrogens is 166 g/mol. The molecule has 0 bridgehead atoms. The lowest BCUT2D eigenvalue weighted by Crippen LogP contribution is -2.18. The largest absolute Gasteiger partial charge is 0.624 e. The Balaban J connectivity index is 2.66. The van der Waals surface area contributed by atoms with Crippen molar-refractivity contribution in [3.05, 3.63) is 41.1 Å². The van der Waals surface area contributed by atoms with E-state index in [1.54, 1.807) is 6.92 Å². The maximum Gasteiger partial charge on any atom is 0.181 e. The van der Waals surface area contributed by atoms with Crippen molar-refractivity contribution in [3.63, 3.8) is 0 Å². The average molecular weight is 179 g/mol. The van der Waals surface area contributed by atoms with E-state index in [0.29, 0.717) is 0 Å². The topological polar surface area (TPSA) is 46.3 Å². The Kier molecular flexibility index (Phi) is 3.46. The Morgan fingerprint density at radius 3 is 2.62 bits per heavy atom. The number of hydrogen-bond donors (Lipinski definition) is 1. The first-order valence-corrected chi connectivity index (χ1v) is 4.20. The second-order valence-corrected chi connectivity index (χ2v) is 2.99. The average Bonchev–Trinajstić information content (AvgIpc) is 2.04. The zero-order valence-electron chi connectivity index (χ0n) is 7.55. The Morgan fingerprint density at radius 1 is 1.46 bits per heavy atom. The summed E-state index contributed by atoms with van der Waals surface area (Å²) in [5.74, 6) is 0. The fourth-order valence-corrected chi connectivity index (χ4v) is 1.02. The first-order valence-electron chi connectivity index (χ1n) is 4.20. The van der Waals surface area contributed by atoms with E-state index in [9.17, 15) is 5.21 Å². The number of benzene rings is 1. The number of rotatable bonds is 3. The molecule has 0 aliphatic carbocycles. The summed E-state index contributed by atoms with van der Waals surface area (Å²) in [5.41, 5.74) is 0.846. The molecule has 70 valence electrons. The Labute approximate surface area is 77.5 Å². The lowest BCUT2D eigenvalue weighted by molar-refractivity contribution is -0.462. The number of hydroxylamine groups is 1. The molecule has 1 unspecified atom stereocenters. The van der Waals surface area contributed by atoms with Gasteiger partial charge in [0, 0.05) is 5.56 Å². The van der Waals surface area contributed by atoms with E-state index in [4.69, 9.17) is 5.11 Å². The van der Waals surface area contributed by atoms with Crippen molar-refractivity contribution in [3.8, 4) is 0 Å². The van der Waals surface area contributed by atoms with Crippen molar-refractivity contribution >= 4 is 6.21 Å². The number of aliphatic hydroxyl groups excluding tert-OH is 1. The Bertz CT molecular complexity index is 280. The highest BCUT2D eigenvalue weighted by Crippen LogP contribution is 1.94. The lowest BCUT2D eigenvalue weighted by Gasteiger charge is -2.05. The predicted octanol–water partition coefficient (Wildman–Crippen LogP) is 0.997. The minimum absolute atomic E-state index is 0.106. The maximum absolute atomic E-state index is 11.1. The van der Waals surface area contributed by atoms with Gasteiger partial charge in [0.2, 0.25) is 0 Å². The van der Waals surface area contributed by atoms with Crippen LogP contribution in [-0.4, -0.2) is 28.7 Å². The lowest BCUT2D eigenvalue weighted by atomic mass is 10.2.